The Labute approximate surface area is 139 Å². The van der Waals surface area contributed by atoms with E-state index in [9.17, 15) is 4.79 Å². The number of amides is 1. The average molecular weight is 334 g/mol. The van der Waals surface area contributed by atoms with Crippen molar-refractivity contribution in [2.75, 3.05) is 13.1 Å². The van der Waals surface area contributed by atoms with E-state index in [0.29, 0.717) is 30.5 Å². The van der Waals surface area contributed by atoms with E-state index < -0.39 is 0 Å². The van der Waals surface area contributed by atoms with Gasteiger partial charge in [0.1, 0.15) is 0 Å². The molecule has 1 aliphatic heterocycles. The third-order valence-corrected chi connectivity index (χ3v) is 5.12. The summed E-state index contributed by atoms with van der Waals surface area (Å²) in [4.78, 5) is 18.6. The van der Waals surface area contributed by atoms with Crippen LogP contribution in [-0.2, 0) is 11.2 Å². The van der Waals surface area contributed by atoms with Gasteiger partial charge in [0.15, 0.2) is 0 Å². The molecule has 0 saturated carbocycles. The lowest BCUT2D eigenvalue weighted by molar-refractivity contribution is -0.132. The topological polar surface area (TPSA) is 85.2 Å². The molecule has 2 aromatic rings. The second-order valence-corrected chi connectivity index (χ2v) is 6.88. The molecule has 1 amide bonds. The van der Waals surface area contributed by atoms with Gasteiger partial charge >= 0.3 is 0 Å². The lowest BCUT2D eigenvalue weighted by Crippen LogP contribution is -2.42. The molecule has 23 heavy (non-hydrogen) atoms. The number of nitrogens with zero attached hydrogens (tertiary/aromatic N) is 3. The van der Waals surface area contributed by atoms with Crippen molar-refractivity contribution in [2.45, 2.75) is 38.6 Å². The molecule has 1 fully saturated rings. The summed E-state index contributed by atoms with van der Waals surface area (Å²) in [5.41, 5.74) is 6.89. The first-order chi connectivity index (χ1) is 11.1. The van der Waals surface area contributed by atoms with Gasteiger partial charge in [0.2, 0.25) is 17.6 Å². The van der Waals surface area contributed by atoms with Crippen molar-refractivity contribution in [3.05, 3.63) is 22.7 Å². The summed E-state index contributed by atoms with van der Waals surface area (Å²) in [6, 6.07) is 2.16. The van der Waals surface area contributed by atoms with Crippen LogP contribution < -0.4 is 5.73 Å². The van der Waals surface area contributed by atoms with Crippen LogP contribution in [0.5, 0.6) is 0 Å². The second kappa shape index (κ2) is 7.23. The van der Waals surface area contributed by atoms with Gasteiger partial charge in [-0.2, -0.15) is 16.3 Å². The molecule has 0 aliphatic carbocycles. The lowest BCUT2D eigenvalue weighted by Gasteiger charge is -2.33. The van der Waals surface area contributed by atoms with Gasteiger partial charge < -0.3 is 15.2 Å². The predicted octanol–water partition coefficient (Wildman–Crippen LogP) is 2.32. The Morgan fingerprint density at radius 1 is 1.52 bits per heavy atom. The average Bonchev–Trinajstić information content (AvgIpc) is 3.23. The molecule has 3 rings (SSSR count). The molecule has 1 atom stereocenters. The van der Waals surface area contributed by atoms with Crippen molar-refractivity contribution >= 4 is 17.2 Å². The molecule has 3 heterocycles. The molecular weight excluding hydrogens is 312 g/mol. The third-order valence-electron chi connectivity index (χ3n) is 4.44. The Bertz CT molecular complexity index is 630. The number of nitrogens with two attached hydrogens (primary N) is 1. The van der Waals surface area contributed by atoms with Crippen molar-refractivity contribution in [1.82, 2.24) is 15.0 Å². The van der Waals surface area contributed by atoms with Crippen molar-refractivity contribution in [1.29, 1.82) is 0 Å². The maximum absolute atomic E-state index is 12.3. The standard InChI is InChI=1S/C16H22N4O2S/c1-11(17)12-4-7-20(8-5-12)15(21)3-2-14-18-16(19-22-14)13-6-9-23-10-13/h6,9-12H,2-5,7-8,17H2,1H3. The van der Waals surface area contributed by atoms with E-state index in [2.05, 4.69) is 10.1 Å². The number of piperidine rings is 1. The van der Waals surface area contributed by atoms with Crippen LogP contribution in [0.4, 0.5) is 0 Å². The number of hydrogen-bond donors (Lipinski definition) is 1. The van der Waals surface area contributed by atoms with Crippen LogP contribution in [0.1, 0.15) is 32.1 Å². The number of thiophene rings is 1. The summed E-state index contributed by atoms with van der Waals surface area (Å²) in [7, 11) is 0. The maximum Gasteiger partial charge on any atom is 0.227 e. The second-order valence-electron chi connectivity index (χ2n) is 6.10. The van der Waals surface area contributed by atoms with Gasteiger partial charge in [0.25, 0.3) is 0 Å². The molecule has 6 nitrogen and oxygen atoms in total. The third kappa shape index (κ3) is 3.97. The zero-order valence-corrected chi connectivity index (χ0v) is 14.1. The maximum atomic E-state index is 12.3. The van der Waals surface area contributed by atoms with Gasteiger partial charge in [0, 0.05) is 42.9 Å². The Balaban J connectivity index is 1.48. The quantitative estimate of drug-likeness (QED) is 0.907. The van der Waals surface area contributed by atoms with Crippen LogP contribution in [0.3, 0.4) is 0 Å². The monoisotopic (exact) mass is 334 g/mol. The van der Waals surface area contributed by atoms with E-state index >= 15 is 0 Å². The summed E-state index contributed by atoms with van der Waals surface area (Å²) in [5, 5.41) is 7.91. The van der Waals surface area contributed by atoms with Gasteiger partial charge in [-0.15, -0.1) is 0 Å². The zero-order valence-electron chi connectivity index (χ0n) is 13.3. The lowest BCUT2D eigenvalue weighted by atomic mass is 9.91. The smallest absolute Gasteiger partial charge is 0.227 e. The largest absolute Gasteiger partial charge is 0.343 e. The Morgan fingerprint density at radius 3 is 2.96 bits per heavy atom. The molecule has 1 unspecified atom stereocenters. The SMILES string of the molecule is CC(N)C1CCN(C(=O)CCc2nc(-c3ccsc3)no2)CC1. The first kappa shape index (κ1) is 16.1. The van der Waals surface area contributed by atoms with Crippen LogP contribution in [0, 0.1) is 5.92 Å². The number of aryl methyl sites for hydroxylation is 1. The highest BCUT2D eigenvalue weighted by Crippen LogP contribution is 2.21. The number of rotatable bonds is 5. The molecule has 0 spiro atoms. The van der Waals surface area contributed by atoms with Crippen molar-refractivity contribution in [2.24, 2.45) is 11.7 Å². The number of aromatic nitrogens is 2. The molecule has 0 radical (unpaired) electrons. The van der Waals surface area contributed by atoms with Gasteiger partial charge in [0.05, 0.1) is 0 Å². The molecule has 2 N–H and O–H groups in total. The fraction of sp³-hybridized carbons (Fsp3) is 0.562. The first-order valence-corrected chi connectivity index (χ1v) is 8.96. The molecule has 124 valence electrons. The van der Waals surface area contributed by atoms with E-state index in [0.717, 1.165) is 31.5 Å². The highest BCUT2D eigenvalue weighted by atomic mass is 32.1. The number of carbonyl (C=O) groups excluding carboxylic acids is 1. The highest BCUT2D eigenvalue weighted by molar-refractivity contribution is 7.08. The zero-order chi connectivity index (χ0) is 16.2. The molecular formula is C16H22N4O2S. The number of likely N-dealkylation sites (tertiary alicyclic amines) is 1. The molecule has 1 aliphatic rings. The fourth-order valence-corrected chi connectivity index (χ4v) is 3.55. The van der Waals surface area contributed by atoms with Gasteiger partial charge in [-0.1, -0.05) is 5.16 Å². The first-order valence-electron chi connectivity index (χ1n) is 8.02. The Hall–Kier alpha value is -1.73. The minimum atomic E-state index is 0.156. The summed E-state index contributed by atoms with van der Waals surface area (Å²) in [6.45, 7) is 3.65. The molecule has 7 heteroatoms. The Kier molecular flexibility index (Phi) is 5.07. The molecule has 2 aromatic heterocycles. The van der Waals surface area contributed by atoms with Crippen LogP contribution in [-0.4, -0.2) is 40.1 Å². The van der Waals surface area contributed by atoms with E-state index in [1.165, 1.54) is 0 Å². The van der Waals surface area contributed by atoms with Crippen LogP contribution in [0.15, 0.2) is 21.3 Å². The van der Waals surface area contributed by atoms with E-state index in [1.54, 1.807) is 11.3 Å². The van der Waals surface area contributed by atoms with Crippen LogP contribution in [0.2, 0.25) is 0 Å². The van der Waals surface area contributed by atoms with E-state index in [1.807, 2.05) is 28.7 Å². The van der Waals surface area contributed by atoms with E-state index in [-0.39, 0.29) is 11.9 Å². The normalized spacial score (nSPS) is 17.4. The van der Waals surface area contributed by atoms with Crippen molar-refractivity contribution < 1.29 is 9.32 Å². The van der Waals surface area contributed by atoms with Crippen LogP contribution in [0.25, 0.3) is 11.4 Å². The summed E-state index contributed by atoms with van der Waals surface area (Å²) >= 11 is 1.59. The number of hydrogen-bond acceptors (Lipinski definition) is 6. The molecule has 0 bridgehead atoms. The summed E-state index contributed by atoms with van der Waals surface area (Å²) in [6.07, 6.45) is 2.88. The highest BCUT2D eigenvalue weighted by Gasteiger charge is 2.24. The van der Waals surface area contributed by atoms with Crippen LogP contribution >= 0.6 is 11.3 Å². The van der Waals surface area contributed by atoms with Crippen molar-refractivity contribution in [3.8, 4) is 11.4 Å². The minimum absolute atomic E-state index is 0.156. The predicted molar refractivity (Wildman–Crippen MR) is 88.9 cm³/mol. The minimum Gasteiger partial charge on any atom is -0.343 e. The van der Waals surface area contributed by atoms with E-state index in [4.69, 9.17) is 10.3 Å². The number of carbonyl (C=O) groups is 1. The fourth-order valence-electron chi connectivity index (χ4n) is 2.91. The molecule has 0 aromatic carbocycles. The summed E-state index contributed by atoms with van der Waals surface area (Å²) in [5.74, 6) is 1.79. The van der Waals surface area contributed by atoms with Gasteiger partial charge in [-0.3, -0.25) is 4.79 Å². The summed E-state index contributed by atoms with van der Waals surface area (Å²) < 4.78 is 5.23. The van der Waals surface area contributed by atoms with Gasteiger partial charge in [-0.05, 0) is 37.1 Å². The Morgan fingerprint density at radius 2 is 2.30 bits per heavy atom. The van der Waals surface area contributed by atoms with Gasteiger partial charge in [-0.25, -0.2) is 0 Å². The molecule has 1 saturated heterocycles. The van der Waals surface area contributed by atoms with Crippen molar-refractivity contribution in [3.63, 3.8) is 0 Å².